The number of para-hydroxylation sites is 1. The van der Waals surface area contributed by atoms with Gasteiger partial charge >= 0.3 is 6.03 Å². The molecule has 1 saturated heterocycles. The van der Waals surface area contributed by atoms with E-state index in [4.69, 9.17) is 4.74 Å². The van der Waals surface area contributed by atoms with E-state index in [-0.39, 0.29) is 12.3 Å². The number of amides is 3. The minimum atomic E-state index is -1.16. The molecular formula is C21H20N2O4. The van der Waals surface area contributed by atoms with Gasteiger partial charge in [0.15, 0.2) is 11.3 Å². The van der Waals surface area contributed by atoms with Crippen molar-refractivity contribution in [2.45, 2.75) is 25.8 Å². The number of carbonyl (C=O) groups excluding carboxylic acids is 3. The number of aryl methyl sites for hydroxylation is 2. The summed E-state index contributed by atoms with van der Waals surface area (Å²) in [6, 6.07) is 12.0. The Morgan fingerprint density at radius 3 is 2.70 bits per heavy atom. The highest BCUT2D eigenvalue weighted by Gasteiger charge is 2.55. The quantitative estimate of drug-likeness (QED) is 0.671. The fraction of sp³-hybridized carbons (Fsp3) is 0.286. The molecule has 0 saturated carbocycles. The Bertz CT molecular complexity index is 968. The SMILES string of the molecule is Cc1ccc(C(=O)CN2C(=O)NC3(CCOc4ccccc43)C2=O)cc1C. The van der Waals surface area contributed by atoms with Crippen molar-refractivity contribution in [3.63, 3.8) is 0 Å². The van der Waals surface area contributed by atoms with Gasteiger partial charge in [-0.15, -0.1) is 0 Å². The second-order valence-electron chi connectivity index (χ2n) is 7.04. The summed E-state index contributed by atoms with van der Waals surface area (Å²) in [4.78, 5) is 39.4. The molecule has 1 atom stereocenters. The summed E-state index contributed by atoms with van der Waals surface area (Å²) in [6.45, 7) is 3.93. The van der Waals surface area contributed by atoms with E-state index in [1.54, 1.807) is 30.3 Å². The molecule has 2 aromatic carbocycles. The van der Waals surface area contributed by atoms with Crippen LogP contribution in [0.1, 0.15) is 33.5 Å². The summed E-state index contributed by atoms with van der Waals surface area (Å²) in [5, 5.41) is 2.81. The zero-order valence-corrected chi connectivity index (χ0v) is 15.2. The number of Topliss-reactive ketones (excluding diaryl/α,β-unsaturated/α-hetero) is 1. The third kappa shape index (κ3) is 2.68. The van der Waals surface area contributed by atoms with E-state index in [0.29, 0.717) is 29.9 Å². The molecule has 0 radical (unpaired) electrons. The second-order valence-corrected chi connectivity index (χ2v) is 7.04. The van der Waals surface area contributed by atoms with Crippen LogP contribution >= 0.6 is 0 Å². The summed E-state index contributed by atoms with van der Waals surface area (Å²) >= 11 is 0. The van der Waals surface area contributed by atoms with Crippen molar-refractivity contribution >= 4 is 17.7 Å². The van der Waals surface area contributed by atoms with Crippen LogP contribution < -0.4 is 10.1 Å². The largest absolute Gasteiger partial charge is 0.493 e. The number of ketones is 1. The molecule has 4 rings (SSSR count). The van der Waals surface area contributed by atoms with Gasteiger partial charge in [0.2, 0.25) is 0 Å². The number of hydrogen-bond acceptors (Lipinski definition) is 4. The minimum Gasteiger partial charge on any atom is -0.493 e. The monoisotopic (exact) mass is 364 g/mol. The molecule has 3 amide bonds. The molecule has 27 heavy (non-hydrogen) atoms. The van der Waals surface area contributed by atoms with Gasteiger partial charge in [0.05, 0.1) is 13.2 Å². The van der Waals surface area contributed by atoms with Gasteiger partial charge < -0.3 is 10.1 Å². The summed E-state index contributed by atoms with van der Waals surface area (Å²) in [5.74, 6) is -0.0841. The van der Waals surface area contributed by atoms with Gasteiger partial charge in [-0.05, 0) is 37.1 Å². The summed E-state index contributed by atoms with van der Waals surface area (Å²) in [7, 11) is 0. The van der Waals surface area contributed by atoms with Crippen LogP contribution in [0.2, 0.25) is 0 Å². The maximum absolute atomic E-state index is 13.2. The first-order valence-electron chi connectivity index (χ1n) is 8.89. The molecule has 2 heterocycles. The van der Waals surface area contributed by atoms with Gasteiger partial charge in [-0.25, -0.2) is 4.79 Å². The maximum Gasteiger partial charge on any atom is 0.325 e. The van der Waals surface area contributed by atoms with Crippen molar-refractivity contribution in [3.8, 4) is 5.75 Å². The Balaban J connectivity index is 1.63. The predicted octanol–water partition coefficient (Wildman–Crippen LogP) is 2.72. The van der Waals surface area contributed by atoms with Gasteiger partial charge in [0.1, 0.15) is 5.75 Å². The molecule has 2 aliphatic heterocycles. The van der Waals surface area contributed by atoms with Gasteiger partial charge in [0.25, 0.3) is 5.91 Å². The van der Waals surface area contributed by atoms with E-state index < -0.39 is 17.5 Å². The highest BCUT2D eigenvalue weighted by Crippen LogP contribution is 2.40. The standard InChI is InChI=1S/C21H20N2O4/c1-13-7-8-15(11-14(13)2)17(24)12-23-19(25)21(22-20(23)26)9-10-27-18-6-4-3-5-16(18)21/h3-8,11H,9-10,12H2,1-2H3,(H,22,26). The molecule has 0 aliphatic carbocycles. The number of carbonyl (C=O) groups is 3. The summed E-state index contributed by atoms with van der Waals surface area (Å²) in [5.41, 5.74) is 2.05. The zero-order valence-electron chi connectivity index (χ0n) is 15.2. The lowest BCUT2D eigenvalue weighted by atomic mass is 9.84. The smallest absolute Gasteiger partial charge is 0.325 e. The molecule has 1 spiro atoms. The Morgan fingerprint density at radius 2 is 1.93 bits per heavy atom. The van der Waals surface area contributed by atoms with Crippen molar-refractivity contribution in [2.75, 3.05) is 13.2 Å². The van der Waals surface area contributed by atoms with Crippen LogP contribution in [0, 0.1) is 13.8 Å². The van der Waals surface area contributed by atoms with E-state index in [0.717, 1.165) is 16.0 Å². The number of nitrogens with one attached hydrogen (secondary N) is 1. The predicted molar refractivity (Wildman–Crippen MR) is 98.7 cm³/mol. The third-order valence-corrected chi connectivity index (χ3v) is 5.39. The van der Waals surface area contributed by atoms with E-state index in [2.05, 4.69) is 5.32 Å². The maximum atomic E-state index is 13.2. The topological polar surface area (TPSA) is 75.7 Å². The van der Waals surface area contributed by atoms with E-state index in [1.165, 1.54) is 0 Å². The van der Waals surface area contributed by atoms with Crippen molar-refractivity contribution in [1.82, 2.24) is 10.2 Å². The Kier molecular flexibility index (Phi) is 3.98. The number of nitrogens with zero attached hydrogens (tertiary/aromatic N) is 1. The Hall–Kier alpha value is -3.15. The number of urea groups is 1. The van der Waals surface area contributed by atoms with E-state index in [1.807, 2.05) is 26.0 Å². The van der Waals surface area contributed by atoms with Crippen molar-refractivity contribution in [3.05, 3.63) is 64.7 Å². The number of fused-ring (bicyclic) bond motifs is 2. The Labute approximate surface area is 157 Å². The molecule has 6 nitrogen and oxygen atoms in total. The number of benzene rings is 2. The van der Waals surface area contributed by atoms with Gasteiger partial charge in [-0.3, -0.25) is 14.5 Å². The highest BCUT2D eigenvalue weighted by atomic mass is 16.5. The highest BCUT2D eigenvalue weighted by molar-refractivity contribution is 6.11. The first kappa shape index (κ1) is 17.3. The van der Waals surface area contributed by atoms with Gasteiger partial charge in [0, 0.05) is 17.5 Å². The molecule has 138 valence electrons. The van der Waals surface area contributed by atoms with Crippen molar-refractivity contribution in [2.24, 2.45) is 0 Å². The molecule has 2 aliphatic rings. The van der Waals surface area contributed by atoms with Crippen molar-refractivity contribution < 1.29 is 19.1 Å². The van der Waals surface area contributed by atoms with Crippen molar-refractivity contribution in [1.29, 1.82) is 0 Å². The van der Waals surface area contributed by atoms with E-state index in [9.17, 15) is 14.4 Å². The van der Waals surface area contributed by atoms with Crippen LogP contribution in [0.3, 0.4) is 0 Å². The summed E-state index contributed by atoms with van der Waals surface area (Å²) < 4.78 is 5.61. The average molecular weight is 364 g/mol. The lowest BCUT2D eigenvalue weighted by Gasteiger charge is -2.33. The molecule has 0 aromatic heterocycles. The lowest BCUT2D eigenvalue weighted by molar-refractivity contribution is -0.132. The van der Waals surface area contributed by atoms with Crippen LogP contribution in [-0.4, -0.2) is 35.8 Å². The number of ether oxygens (including phenoxy) is 1. The van der Waals surface area contributed by atoms with Crippen LogP contribution in [-0.2, 0) is 10.3 Å². The Morgan fingerprint density at radius 1 is 1.15 bits per heavy atom. The van der Waals surface area contributed by atoms with Crippen LogP contribution in [0.4, 0.5) is 4.79 Å². The van der Waals surface area contributed by atoms with Crippen LogP contribution in [0.5, 0.6) is 5.75 Å². The van der Waals surface area contributed by atoms with Crippen LogP contribution in [0.15, 0.2) is 42.5 Å². The third-order valence-electron chi connectivity index (χ3n) is 5.39. The van der Waals surface area contributed by atoms with E-state index >= 15 is 0 Å². The summed E-state index contributed by atoms with van der Waals surface area (Å²) in [6.07, 6.45) is 0.336. The second kappa shape index (κ2) is 6.23. The molecule has 6 heteroatoms. The molecule has 1 fully saturated rings. The molecule has 0 bridgehead atoms. The lowest BCUT2D eigenvalue weighted by Crippen LogP contribution is -2.47. The first-order valence-corrected chi connectivity index (χ1v) is 8.89. The number of rotatable bonds is 3. The molecular weight excluding hydrogens is 344 g/mol. The molecule has 1 N–H and O–H groups in total. The number of hydrogen-bond donors (Lipinski definition) is 1. The fourth-order valence-electron chi connectivity index (χ4n) is 3.67. The molecule has 2 aromatic rings. The fourth-order valence-corrected chi connectivity index (χ4v) is 3.67. The normalized spacial score (nSPS) is 21.0. The van der Waals surface area contributed by atoms with Gasteiger partial charge in [-0.2, -0.15) is 0 Å². The number of imide groups is 1. The molecule has 1 unspecified atom stereocenters. The van der Waals surface area contributed by atoms with Crippen LogP contribution in [0.25, 0.3) is 0 Å². The average Bonchev–Trinajstić information content (AvgIpc) is 2.89. The first-order chi connectivity index (χ1) is 12.9. The minimum absolute atomic E-state index is 0.265. The van der Waals surface area contributed by atoms with Gasteiger partial charge in [-0.1, -0.05) is 30.3 Å². The zero-order chi connectivity index (χ0) is 19.2.